The Labute approximate surface area is 506 Å². The summed E-state index contributed by atoms with van der Waals surface area (Å²) in [7, 11) is -4.49. The summed E-state index contributed by atoms with van der Waals surface area (Å²) in [5.41, 5.74) is 12.8. The van der Waals surface area contributed by atoms with Crippen molar-refractivity contribution in [2.45, 2.75) is 9.79 Å². The third kappa shape index (κ3) is 10.9. The summed E-state index contributed by atoms with van der Waals surface area (Å²) < 4.78 is 46.4. The summed E-state index contributed by atoms with van der Waals surface area (Å²) in [6.07, 6.45) is 0. The zero-order valence-corrected chi connectivity index (χ0v) is 48.3. The molecule has 7 heteroatoms. The van der Waals surface area contributed by atoms with E-state index in [2.05, 4.69) is 170 Å². The Kier molecular flexibility index (Phi) is 14.8. The molecule has 0 spiro atoms. The zero-order valence-electron chi connectivity index (χ0n) is 47.5. The highest BCUT2D eigenvalue weighted by Gasteiger charge is 2.28. The molecule has 0 aliphatic rings. The van der Waals surface area contributed by atoms with Crippen molar-refractivity contribution in [2.75, 3.05) is 26.4 Å². The van der Waals surface area contributed by atoms with E-state index in [1.54, 1.807) is 24.3 Å². The first-order chi connectivity index (χ1) is 42.7. The van der Waals surface area contributed by atoms with Gasteiger partial charge >= 0.3 is 0 Å². The molecule has 0 radical (unpaired) electrons. The number of aliphatic hydroxyl groups excluding tert-OH is 2. The van der Waals surface area contributed by atoms with Crippen LogP contribution in [0.25, 0.3) is 132 Å². The number of rotatable bonds is 16. The van der Waals surface area contributed by atoms with Gasteiger partial charge in [0.05, 0.1) is 23.0 Å². The lowest BCUT2D eigenvalue weighted by Crippen LogP contribution is -2.09. The van der Waals surface area contributed by atoms with Crippen molar-refractivity contribution < 1.29 is 28.1 Å². The fourth-order valence-electron chi connectivity index (χ4n) is 12.1. The van der Waals surface area contributed by atoms with Crippen LogP contribution in [0.15, 0.2) is 301 Å². The summed E-state index contributed by atoms with van der Waals surface area (Å²) in [6.45, 7) is -0.625. The lowest BCUT2D eigenvalue weighted by Gasteiger charge is -2.21. The van der Waals surface area contributed by atoms with Crippen LogP contribution in [0.4, 0.5) is 0 Å². The highest BCUT2D eigenvalue weighted by molar-refractivity contribution is 7.91. The SMILES string of the molecule is O=S(=O)(c1cc(-c2cccc(-c3ccc4ccccc4c3)c2)c(OCCO)c(-c2cccc(-c3ccc4ccccc4c3)c2)c1)c1cc(-c2cccc(-c3ccc4ccccc4c3)c2)c(OCCO)c(-c2cccc(-c3ccc4ccccc4c3)c2)c1. The molecule has 420 valence electrons. The van der Waals surface area contributed by atoms with Gasteiger partial charge < -0.3 is 19.7 Å². The van der Waals surface area contributed by atoms with Crippen LogP contribution in [0.1, 0.15) is 0 Å². The predicted molar refractivity (Wildman–Crippen MR) is 357 cm³/mol. The summed E-state index contributed by atoms with van der Waals surface area (Å²) in [5, 5.41) is 29.8. The maximum atomic E-state index is 16.5. The summed E-state index contributed by atoms with van der Waals surface area (Å²) in [6, 6.07) is 97.8. The maximum Gasteiger partial charge on any atom is 0.206 e. The Bertz CT molecular complexity index is 4470. The lowest BCUT2D eigenvalue weighted by molar-refractivity contribution is 0.202. The Morgan fingerprint density at radius 1 is 0.241 bits per heavy atom. The molecule has 0 amide bonds. The van der Waals surface area contributed by atoms with E-state index in [-0.39, 0.29) is 36.2 Å². The summed E-state index contributed by atoms with van der Waals surface area (Å²) in [4.78, 5) is 0.0682. The van der Waals surface area contributed by atoms with Gasteiger partial charge in [0.2, 0.25) is 9.84 Å². The van der Waals surface area contributed by atoms with Crippen LogP contribution in [-0.4, -0.2) is 45.1 Å². The van der Waals surface area contributed by atoms with Gasteiger partial charge in [0.25, 0.3) is 0 Å². The molecule has 0 unspecified atom stereocenters. The number of aliphatic hydroxyl groups is 2. The Hall–Kier alpha value is -10.4. The largest absolute Gasteiger partial charge is 0.490 e. The third-order valence-corrected chi connectivity index (χ3v) is 18.2. The van der Waals surface area contributed by atoms with E-state index in [1.165, 1.54) is 0 Å². The molecule has 14 aromatic rings. The van der Waals surface area contributed by atoms with Crippen LogP contribution in [0.3, 0.4) is 0 Å². The first kappa shape index (κ1) is 54.5. The van der Waals surface area contributed by atoms with Crippen LogP contribution in [0.2, 0.25) is 0 Å². The van der Waals surface area contributed by atoms with Crippen LogP contribution in [0, 0.1) is 0 Å². The van der Waals surface area contributed by atoms with E-state index in [9.17, 15) is 10.2 Å². The van der Waals surface area contributed by atoms with Crippen LogP contribution in [-0.2, 0) is 9.84 Å². The number of hydrogen-bond donors (Lipinski definition) is 2. The molecule has 0 aliphatic carbocycles. The Morgan fingerprint density at radius 3 is 0.724 bits per heavy atom. The standard InChI is InChI=1S/C80H58O6S/c81-37-39-85-79-75(69-25-9-21-61(45-69)65-33-29-53-13-1-5-17-57(53)41-65)49-73(50-76(79)70-26-10-22-62(46-70)66-34-30-54-14-2-6-18-58(54)42-66)87(83,84)74-51-77(71-27-11-23-63(47-71)67-35-31-55-15-3-7-19-59(55)43-67)80(86-40-38-82)78(52-74)72-28-12-24-64(48-72)68-36-32-56-16-4-8-20-60(56)44-68/h1-36,41-52,81-82H,37-40H2. The number of sulfone groups is 1. The van der Waals surface area contributed by atoms with Gasteiger partial charge in [0.1, 0.15) is 24.7 Å². The number of hydrogen-bond acceptors (Lipinski definition) is 6. The molecular weight excluding hydrogens is 1090 g/mol. The predicted octanol–water partition coefficient (Wildman–Crippen LogP) is 19.2. The Balaban J connectivity index is 0.997. The van der Waals surface area contributed by atoms with Crippen molar-refractivity contribution in [3.05, 3.63) is 291 Å². The molecule has 2 N–H and O–H groups in total. The monoisotopic (exact) mass is 1150 g/mol. The van der Waals surface area contributed by atoms with E-state index >= 15 is 8.42 Å². The van der Waals surface area contributed by atoms with Gasteiger partial charge in [-0.2, -0.15) is 0 Å². The van der Waals surface area contributed by atoms with Gasteiger partial charge in [0.15, 0.2) is 0 Å². The second kappa shape index (κ2) is 23.6. The highest BCUT2D eigenvalue weighted by atomic mass is 32.2. The summed E-state index contributed by atoms with van der Waals surface area (Å²) in [5.74, 6) is 0.860. The molecule has 0 saturated heterocycles. The van der Waals surface area contributed by atoms with Crippen molar-refractivity contribution in [3.63, 3.8) is 0 Å². The van der Waals surface area contributed by atoms with Crippen LogP contribution in [0.5, 0.6) is 11.5 Å². The number of ether oxygens (including phenoxy) is 2. The summed E-state index contributed by atoms with van der Waals surface area (Å²) >= 11 is 0. The molecule has 0 heterocycles. The normalized spacial score (nSPS) is 11.6. The number of fused-ring (bicyclic) bond motifs is 4. The van der Waals surface area contributed by atoms with E-state index in [1.807, 2.05) is 97.1 Å². The van der Waals surface area contributed by atoms with Crippen LogP contribution < -0.4 is 9.47 Å². The molecule has 0 saturated carbocycles. The second-order valence-electron chi connectivity index (χ2n) is 21.9. The molecule has 0 bridgehead atoms. The van der Waals surface area contributed by atoms with Crippen molar-refractivity contribution in [1.29, 1.82) is 0 Å². The minimum Gasteiger partial charge on any atom is -0.490 e. The zero-order chi connectivity index (χ0) is 58.8. The van der Waals surface area contributed by atoms with Crippen molar-refractivity contribution in [1.82, 2.24) is 0 Å². The van der Waals surface area contributed by atoms with Gasteiger partial charge in [0, 0.05) is 22.3 Å². The molecule has 14 aromatic carbocycles. The molecule has 0 aromatic heterocycles. The highest BCUT2D eigenvalue weighted by Crippen LogP contribution is 2.48. The molecule has 14 rings (SSSR count). The molecule has 0 aliphatic heterocycles. The quantitative estimate of drug-likeness (QED) is 0.100. The second-order valence-corrected chi connectivity index (χ2v) is 23.9. The number of benzene rings is 14. The first-order valence-corrected chi connectivity index (χ1v) is 30.7. The van der Waals surface area contributed by atoms with Gasteiger partial charge in [-0.3, -0.25) is 0 Å². The van der Waals surface area contributed by atoms with Crippen molar-refractivity contribution >= 4 is 52.9 Å². The van der Waals surface area contributed by atoms with E-state index in [0.717, 1.165) is 110 Å². The molecular formula is C80H58O6S. The van der Waals surface area contributed by atoms with Gasteiger partial charge in [-0.1, -0.05) is 218 Å². The van der Waals surface area contributed by atoms with E-state index < -0.39 is 9.84 Å². The Morgan fingerprint density at radius 2 is 0.471 bits per heavy atom. The fourth-order valence-corrected chi connectivity index (χ4v) is 13.4. The van der Waals surface area contributed by atoms with Crippen LogP contribution >= 0.6 is 0 Å². The van der Waals surface area contributed by atoms with Gasteiger partial charge in [-0.05, 0) is 183 Å². The van der Waals surface area contributed by atoms with Gasteiger partial charge in [-0.15, -0.1) is 0 Å². The molecule has 0 fully saturated rings. The topological polar surface area (TPSA) is 93.1 Å². The fraction of sp³-hybridized carbons (Fsp3) is 0.0500. The maximum absolute atomic E-state index is 16.5. The van der Waals surface area contributed by atoms with E-state index in [4.69, 9.17) is 9.47 Å². The van der Waals surface area contributed by atoms with Crippen molar-refractivity contribution in [3.8, 4) is 101 Å². The van der Waals surface area contributed by atoms with Crippen molar-refractivity contribution in [2.24, 2.45) is 0 Å². The van der Waals surface area contributed by atoms with E-state index in [0.29, 0.717) is 33.8 Å². The molecule has 0 atom stereocenters. The minimum absolute atomic E-state index is 0.0341. The minimum atomic E-state index is -4.49. The molecule has 6 nitrogen and oxygen atoms in total. The first-order valence-electron chi connectivity index (χ1n) is 29.2. The average molecular weight is 1150 g/mol. The van der Waals surface area contributed by atoms with Gasteiger partial charge in [-0.25, -0.2) is 8.42 Å². The molecule has 87 heavy (non-hydrogen) atoms. The smallest absolute Gasteiger partial charge is 0.206 e. The lowest BCUT2D eigenvalue weighted by atomic mass is 9.92. The third-order valence-electron chi connectivity index (χ3n) is 16.4. The average Bonchev–Trinajstić information content (AvgIpc) is 1.23.